The van der Waals surface area contributed by atoms with Gasteiger partial charge >= 0.3 is 0 Å². The van der Waals surface area contributed by atoms with E-state index in [0.29, 0.717) is 6.54 Å². The number of likely N-dealkylation sites (tertiary alicyclic amines) is 1. The summed E-state index contributed by atoms with van der Waals surface area (Å²) in [7, 11) is 0. The number of aliphatic hydroxyl groups is 1. The van der Waals surface area contributed by atoms with Gasteiger partial charge in [-0.15, -0.1) is 0 Å². The van der Waals surface area contributed by atoms with Gasteiger partial charge in [0, 0.05) is 13.1 Å². The Hall–Kier alpha value is -0.610. The molecule has 0 radical (unpaired) electrons. The molecule has 2 N–H and O–H groups in total. The zero-order chi connectivity index (χ0) is 11.1. The van der Waals surface area contributed by atoms with Crippen LogP contribution in [0.5, 0.6) is 0 Å². The molecule has 0 aliphatic carbocycles. The summed E-state index contributed by atoms with van der Waals surface area (Å²) < 4.78 is 0. The summed E-state index contributed by atoms with van der Waals surface area (Å²) in [6.45, 7) is 6.41. The van der Waals surface area contributed by atoms with Crippen molar-refractivity contribution >= 4 is 5.91 Å². The largest absolute Gasteiger partial charge is 0.391 e. The van der Waals surface area contributed by atoms with Crippen molar-refractivity contribution in [1.82, 2.24) is 10.2 Å². The topological polar surface area (TPSA) is 52.6 Å². The number of carbonyl (C=O) groups excluding carboxylic acids is 1. The molecule has 0 bridgehead atoms. The Balaban J connectivity index is 1.99. The van der Waals surface area contributed by atoms with E-state index in [4.69, 9.17) is 0 Å². The zero-order valence-electron chi connectivity index (χ0n) is 9.49. The van der Waals surface area contributed by atoms with Gasteiger partial charge in [-0.1, -0.05) is 13.8 Å². The molecule has 15 heavy (non-hydrogen) atoms. The van der Waals surface area contributed by atoms with Gasteiger partial charge in [0.15, 0.2) is 0 Å². The van der Waals surface area contributed by atoms with Crippen LogP contribution in [0.3, 0.4) is 0 Å². The van der Waals surface area contributed by atoms with Crippen molar-refractivity contribution in [2.24, 2.45) is 5.41 Å². The first kappa shape index (κ1) is 10.9. The number of β-amino-alcohol motifs (C(OH)–C–C–N with tert-alkyl or cyclic N) is 1. The first-order chi connectivity index (χ1) is 6.98. The molecule has 4 heteroatoms. The van der Waals surface area contributed by atoms with Crippen molar-refractivity contribution < 1.29 is 9.90 Å². The van der Waals surface area contributed by atoms with Crippen molar-refractivity contribution in [2.75, 3.05) is 19.6 Å². The van der Waals surface area contributed by atoms with Crippen LogP contribution >= 0.6 is 0 Å². The quantitative estimate of drug-likeness (QED) is 0.641. The average molecular weight is 212 g/mol. The van der Waals surface area contributed by atoms with Gasteiger partial charge in [-0.2, -0.15) is 0 Å². The molecule has 2 aliphatic heterocycles. The highest BCUT2D eigenvalue weighted by Gasteiger charge is 2.37. The number of carbonyl (C=O) groups is 1. The van der Waals surface area contributed by atoms with E-state index < -0.39 is 0 Å². The normalized spacial score (nSPS) is 34.7. The van der Waals surface area contributed by atoms with E-state index in [0.717, 1.165) is 25.9 Å². The Morgan fingerprint density at radius 2 is 2.20 bits per heavy atom. The first-order valence-corrected chi connectivity index (χ1v) is 5.68. The summed E-state index contributed by atoms with van der Waals surface area (Å²) in [6.07, 6.45) is 1.36. The van der Waals surface area contributed by atoms with Crippen molar-refractivity contribution in [1.29, 1.82) is 0 Å². The van der Waals surface area contributed by atoms with Crippen LogP contribution in [-0.4, -0.2) is 47.7 Å². The molecule has 2 heterocycles. The molecule has 0 saturated carbocycles. The highest BCUT2D eigenvalue weighted by Crippen LogP contribution is 2.29. The lowest BCUT2D eigenvalue weighted by molar-refractivity contribution is -0.141. The molecule has 86 valence electrons. The third-order valence-corrected chi connectivity index (χ3v) is 3.27. The number of hydrogen-bond donors (Lipinski definition) is 2. The van der Waals surface area contributed by atoms with Gasteiger partial charge in [-0.3, -0.25) is 4.79 Å². The lowest BCUT2D eigenvalue weighted by Gasteiger charge is -2.43. The van der Waals surface area contributed by atoms with Crippen molar-refractivity contribution in [3.05, 3.63) is 0 Å². The van der Waals surface area contributed by atoms with Gasteiger partial charge < -0.3 is 15.3 Å². The maximum absolute atomic E-state index is 12.0. The van der Waals surface area contributed by atoms with E-state index in [2.05, 4.69) is 19.2 Å². The maximum Gasteiger partial charge on any atom is 0.239 e. The van der Waals surface area contributed by atoms with Crippen LogP contribution in [0.15, 0.2) is 0 Å². The number of nitrogens with one attached hydrogen (secondary N) is 1. The fourth-order valence-electron chi connectivity index (χ4n) is 2.49. The second-order valence-corrected chi connectivity index (χ2v) is 5.54. The first-order valence-electron chi connectivity index (χ1n) is 5.68. The average Bonchev–Trinajstić information content (AvgIpc) is 1.96. The second-order valence-electron chi connectivity index (χ2n) is 5.54. The molecule has 1 amide bonds. The van der Waals surface area contributed by atoms with E-state index in [1.165, 1.54) is 0 Å². The van der Waals surface area contributed by atoms with E-state index in [-0.39, 0.29) is 23.5 Å². The summed E-state index contributed by atoms with van der Waals surface area (Å²) in [5, 5.41) is 12.8. The Morgan fingerprint density at radius 1 is 1.53 bits per heavy atom. The Labute approximate surface area is 90.6 Å². The predicted octanol–water partition coefficient (Wildman–Crippen LogP) is -0.0323. The monoisotopic (exact) mass is 212 g/mol. The minimum Gasteiger partial charge on any atom is -0.391 e. The van der Waals surface area contributed by atoms with Gasteiger partial charge in [0.05, 0.1) is 12.1 Å². The molecule has 2 aliphatic rings. The van der Waals surface area contributed by atoms with E-state index in [9.17, 15) is 9.90 Å². The summed E-state index contributed by atoms with van der Waals surface area (Å²) in [5.41, 5.74) is 0.0388. The summed E-state index contributed by atoms with van der Waals surface area (Å²) in [4.78, 5) is 13.8. The third kappa shape index (κ3) is 2.32. The molecule has 4 nitrogen and oxygen atoms in total. The number of rotatable bonds is 1. The number of aliphatic hydroxyl groups excluding tert-OH is 1. The Bertz CT molecular complexity index is 261. The molecule has 2 saturated heterocycles. The Morgan fingerprint density at radius 3 is 2.67 bits per heavy atom. The summed E-state index contributed by atoms with van der Waals surface area (Å²) in [5.74, 6) is 0.160. The van der Waals surface area contributed by atoms with E-state index in [1.54, 1.807) is 0 Å². The SMILES string of the molecule is CC1(C)CC(O)CN(C(=O)[C@H]2CCN2)C1. The minimum absolute atomic E-state index is 0.00565. The standard InChI is InChI=1S/C11H20N2O2/c1-11(2)5-8(14)6-13(7-11)10(15)9-3-4-12-9/h8-9,12,14H,3-7H2,1-2H3/t8?,9-/m1/s1. The van der Waals surface area contributed by atoms with Gasteiger partial charge in [-0.05, 0) is 24.8 Å². The number of piperidine rings is 1. The fourth-order valence-corrected chi connectivity index (χ4v) is 2.49. The Kier molecular flexibility index (Phi) is 2.73. The number of amides is 1. The molecule has 1 unspecified atom stereocenters. The third-order valence-electron chi connectivity index (χ3n) is 3.27. The van der Waals surface area contributed by atoms with Crippen LogP contribution in [0.4, 0.5) is 0 Å². The molecule has 2 rings (SSSR count). The van der Waals surface area contributed by atoms with Crippen molar-refractivity contribution in [3.8, 4) is 0 Å². The highest BCUT2D eigenvalue weighted by atomic mass is 16.3. The summed E-state index contributed by atoms with van der Waals surface area (Å²) in [6, 6.07) is 0.00565. The smallest absolute Gasteiger partial charge is 0.239 e. The molecule has 0 aromatic heterocycles. The lowest BCUT2D eigenvalue weighted by Crippen LogP contribution is -2.59. The van der Waals surface area contributed by atoms with Gasteiger partial charge in [-0.25, -0.2) is 0 Å². The van der Waals surface area contributed by atoms with Gasteiger partial charge in [0.25, 0.3) is 0 Å². The van der Waals surface area contributed by atoms with Crippen LogP contribution in [0.2, 0.25) is 0 Å². The van der Waals surface area contributed by atoms with Crippen LogP contribution in [0, 0.1) is 5.41 Å². The second kappa shape index (κ2) is 3.76. The molecule has 2 fully saturated rings. The zero-order valence-corrected chi connectivity index (χ0v) is 9.49. The van der Waals surface area contributed by atoms with E-state index >= 15 is 0 Å². The molecule has 0 aromatic carbocycles. The molecule has 0 aromatic rings. The maximum atomic E-state index is 12.0. The van der Waals surface area contributed by atoms with Gasteiger partial charge in [0.1, 0.15) is 0 Å². The molecular formula is C11H20N2O2. The number of hydrogen-bond acceptors (Lipinski definition) is 3. The van der Waals surface area contributed by atoms with Crippen LogP contribution < -0.4 is 5.32 Å². The van der Waals surface area contributed by atoms with Crippen LogP contribution in [-0.2, 0) is 4.79 Å². The van der Waals surface area contributed by atoms with Crippen LogP contribution in [0.1, 0.15) is 26.7 Å². The van der Waals surface area contributed by atoms with E-state index in [1.807, 2.05) is 4.90 Å². The molecular weight excluding hydrogens is 192 g/mol. The minimum atomic E-state index is -0.363. The van der Waals surface area contributed by atoms with Gasteiger partial charge in [0.2, 0.25) is 5.91 Å². The lowest BCUT2D eigenvalue weighted by atomic mass is 9.82. The highest BCUT2D eigenvalue weighted by molar-refractivity contribution is 5.83. The van der Waals surface area contributed by atoms with Crippen LogP contribution in [0.25, 0.3) is 0 Å². The molecule has 2 atom stereocenters. The fraction of sp³-hybridized carbons (Fsp3) is 0.909. The number of nitrogens with zero attached hydrogens (tertiary/aromatic N) is 1. The van der Waals surface area contributed by atoms with Crippen molar-refractivity contribution in [3.63, 3.8) is 0 Å². The summed E-state index contributed by atoms with van der Waals surface area (Å²) >= 11 is 0. The molecule has 0 spiro atoms. The predicted molar refractivity (Wildman–Crippen MR) is 57.4 cm³/mol. The van der Waals surface area contributed by atoms with Crippen molar-refractivity contribution in [2.45, 2.75) is 38.8 Å².